The van der Waals surface area contributed by atoms with Gasteiger partial charge < -0.3 is 0 Å². The number of non-ortho nitro benzene ring substituents is 1. The van der Waals surface area contributed by atoms with Gasteiger partial charge in [0.25, 0.3) is 11.6 Å². The van der Waals surface area contributed by atoms with Gasteiger partial charge in [-0.1, -0.05) is 47.5 Å². The quantitative estimate of drug-likeness (QED) is 0.390. The Hall–Kier alpha value is -2.58. The molecule has 1 amide bonds. The van der Waals surface area contributed by atoms with Crippen LogP contribution in [0.4, 0.5) is 10.8 Å². The molecule has 0 unspecified atom stereocenters. The minimum atomic E-state index is -0.523. The smallest absolute Gasteiger partial charge is 0.270 e. The molecule has 0 aliphatic rings. The summed E-state index contributed by atoms with van der Waals surface area (Å²) < 4.78 is 0.984. The molecule has 0 aliphatic heterocycles. The highest BCUT2D eigenvalue weighted by atomic mass is 79.9. The number of aromatic nitrogens is 1. The average molecular weight is 446 g/mol. The number of carbonyl (C=O) groups excluding carboxylic acids is 1. The average Bonchev–Trinajstić information content (AvgIpc) is 3.05. The van der Waals surface area contributed by atoms with E-state index in [-0.39, 0.29) is 11.3 Å². The Morgan fingerprint density at radius 1 is 1.26 bits per heavy atom. The summed E-state index contributed by atoms with van der Waals surface area (Å²) in [6.07, 6.45) is 1.82. The van der Waals surface area contributed by atoms with Crippen molar-refractivity contribution in [2.75, 3.05) is 5.32 Å². The van der Waals surface area contributed by atoms with Crippen molar-refractivity contribution in [1.82, 2.24) is 4.98 Å². The lowest BCUT2D eigenvalue weighted by atomic mass is 10.1. The molecule has 6 nitrogen and oxygen atoms in total. The maximum absolute atomic E-state index is 12.5. The normalized spacial score (nSPS) is 10.6. The molecule has 0 bridgehead atoms. The van der Waals surface area contributed by atoms with E-state index in [9.17, 15) is 14.9 Å². The van der Waals surface area contributed by atoms with E-state index < -0.39 is 10.8 Å². The number of aryl methyl sites for hydroxylation is 1. The fourth-order valence-electron chi connectivity index (χ4n) is 2.57. The zero-order chi connectivity index (χ0) is 19.4. The van der Waals surface area contributed by atoms with Gasteiger partial charge in [0.2, 0.25) is 0 Å². The molecule has 8 heteroatoms. The zero-order valence-electron chi connectivity index (χ0n) is 14.4. The predicted octanol–water partition coefficient (Wildman–Crippen LogP) is 5.69. The molecule has 0 spiro atoms. The van der Waals surface area contributed by atoms with Crippen molar-refractivity contribution < 1.29 is 9.72 Å². The van der Waals surface area contributed by atoms with Crippen LogP contribution in [-0.4, -0.2) is 15.8 Å². The number of nitrogens with zero attached hydrogens (tertiary/aromatic N) is 2. The molecule has 0 saturated heterocycles. The standard InChI is InChI=1S/C19H16BrN3O3S/c1-2-4-16-17(12-7-9-14(20)10-8-12)21-19(27-16)22-18(24)13-5-3-6-15(11-13)23(25)26/h3,5-11H,2,4H2,1H3,(H,21,22,24). The van der Waals surface area contributed by atoms with Crippen molar-refractivity contribution in [3.8, 4) is 11.3 Å². The second-order valence-corrected chi connectivity index (χ2v) is 7.81. The van der Waals surface area contributed by atoms with Crippen molar-refractivity contribution >= 4 is 44.0 Å². The molecule has 1 heterocycles. The minimum Gasteiger partial charge on any atom is -0.298 e. The third kappa shape index (κ3) is 4.58. The predicted molar refractivity (Wildman–Crippen MR) is 110 cm³/mol. The first kappa shape index (κ1) is 19.2. The Morgan fingerprint density at radius 3 is 2.67 bits per heavy atom. The lowest BCUT2D eigenvalue weighted by Gasteiger charge is -2.02. The maximum Gasteiger partial charge on any atom is 0.270 e. The number of amides is 1. The molecule has 0 saturated carbocycles. The lowest BCUT2D eigenvalue weighted by Crippen LogP contribution is -2.11. The fraction of sp³-hybridized carbons (Fsp3) is 0.158. The van der Waals surface area contributed by atoms with Crippen LogP contribution < -0.4 is 5.32 Å². The molecule has 3 rings (SSSR count). The van der Waals surface area contributed by atoms with Crippen molar-refractivity contribution in [2.24, 2.45) is 0 Å². The van der Waals surface area contributed by atoms with Crippen LogP contribution in [0, 0.1) is 10.1 Å². The summed E-state index contributed by atoms with van der Waals surface area (Å²) in [5.74, 6) is -0.419. The number of hydrogen-bond acceptors (Lipinski definition) is 5. The van der Waals surface area contributed by atoms with Crippen LogP contribution in [0.5, 0.6) is 0 Å². The topological polar surface area (TPSA) is 85.1 Å². The van der Waals surface area contributed by atoms with Crippen LogP contribution in [0.15, 0.2) is 53.0 Å². The van der Waals surface area contributed by atoms with Crippen molar-refractivity contribution in [1.29, 1.82) is 0 Å². The number of hydrogen-bond donors (Lipinski definition) is 1. The summed E-state index contributed by atoms with van der Waals surface area (Å²) in [6.45, 7) is 2.09. The van der Waals surface area contributed by atoms with E-state index in [4.69, 9.17) is 0 Å². The third-order valence-electron chi connectivity index (χ3n) is 3.83. The van der Waals surface area contributed by atoms with Crippen LogP contribution >= 0.6 is 27.3 Å². The van der Waals surface area contributed by atoms with Crippen molar-refractivity contribution in [3.63, 3.8) is 0 Å². The van der Waals surface area contributed by atoms with Gasteiger partial charge in [0, 0.05) is 32.6 Å². The van der Waals surface area contributed by atoms with Crippen LogP contribution in [0.2, 0.25) is 0 Å². The molecule has 2 aromatic carbocycles. The summed E-state index contributed by atoms with van der Waals surface area (Å²) >= 11 is 4.85. The molecule has 1 N–H and O–H groups in total. The van der Waals surface area contributed by atoms with Gasteiger partial charge in [-0.15, -0.1) is 11.3 Å². The van der Waals surface area contributed by atoms with Crippen LogP contribution in [0.25, 0.3) is 11.3 Å². The Labute approximate surface area is 168 Å². The second kappa shape index (κ2) is 8.41. The number of nitro benzene ring substituents is 1. The van der Waals surface area contributed by atoms with Gasteiger partial charge >= 0.3 is 0 Å². The Kier molecular flexibility index (Phi) is 5.98. The summed E-state index contributed by atoms with van der Waals surface area (Å²) in [6, 6.07) is 13.5. The monoisotopic (exact) mass is 445 g/mol. The van der Waals surface area contributed by atoms with Gasteiger partial charge in [-0.2, -0.15) is 0 Å². The van der Waals surface area contributed by atoms with Gasteiger partial charge in [0.15, 0.2) is 5.13 Å². The summed E-state index contributed by atoms with van der Waals surface area (Å²) in [5, 5.41) is 14.1. The number of nitrogens with one attached hydrogen (secondary N) is 1. The van der Waals surface area contributed by atoms with E-state index in [0.29, 0.717) is 5.13 Å². The first-order valence-electron chi connectivity index (χ1n) is 8.29. The molecule has 3 aromatic rings. The number of anilines is 1. The highest BCUT2D eigenvalue weighted by Gasteiger charge is 2.16. The fourth-order valence-corrected chi connectivity index (χ4v) is 3.91. The summed E-state index contributed by atoms with van der Waals surface area (Å²) in [7, 11) is 0. The van der Waals surface area contributed by atoms with Crippen LogP contribution in [0.3, 0.4) is 0 Å². The van der Waals surface area contributed by atoms with E-state index >= 15 is 0 Å². The van der Waals surface area contributed by atoms with E-state index in [2.05, 4.69) is 33.2 Å². The van der Waals surface area contributed by atoms with Gasteiger partial charge in [-0.3, -0.25) is 20.2 Å². The lowest BCUT2D eigenvalue weighted by molar-refractivity contribution is -0.384. The highest BCUT2D eigenvalue weighted by Crippen LogP contribution is 2.33. The minimum absolute atomic E-state index is 0.121. The number of halogens is 1. The second-order valence-electron chi connectivity index (χ2n) is 5.81. The van der Waals surface area contributed by atoms with Crippen molar-refractivity contribution in [2.45, 2.75) is 19.8 Å². The molecule has 0 atom stereocenters. The van der Waals surface area contributed by atoms with E-state index in [1.54, 1.807) is 6.07 Å². The van der Waals surface area contributed by atoms with Crippen LogP contribution in [-0.2, 0) is 6.42 Å². The molecule has 27 heavy (non-hydrogen) atoms. The van der Waals surface area contributed by atoms with E-state index in [1.807, 2.05) is 24.3 Å². The third-order valence-corrected chi connectivity index (χ3v) is 5.39. The molecule has 0 fully saturated rings. The SMILES string of the molecule is CCCc1sc(NC(=O)c2cccc([N+](=O)[O-])c2)nc1-c1ccc(Br)cc1. The highest BCUT2D eigenvalue weighted by molar-refractivity contribution is 9.10. The van der Waals surface area contributed by atoms with Crippen LogP contribution in [0.1, 0.15) is 28.6 Å². The van der Waals surface area contributed by atoms with Gasteiger partial charge in [-0.05, 0) is 24.6 Å². The number of carbonyl (C=O) groups is 1. The van der Waals surface area contributed by atoms with Gasteiger partial charge in [-0.25, -0.2) is 4.98 Å². The largest absolute Gasteiger partial charge is 0.298 e. The van der Waals surface area contributed by atoms with Crippen molar-refractivity contribution in [3.05, 3.63) is 73.6 Å². The summed E-state index contributed by atoms with van der Waals surface area (Å²) in [5.41, 5.74) is 1.93. The zero-order valence-corrected chi connectivity index (χ0v) is 16.8. The Bertz CT molecular complexity index is 986. The molecular formula is C19H16BrN3O3S. The van der Waals surface area contributed by atoms with Gasteiger partial charge in [0.1, 0.15) is 0 Å². The van der Waals surface area contributed by atoms with Gasteiger partial charge in [0.05, 0.1) is 10.6 Å². The number of thiazole rings is 1. The summed E-state index contributed by atoms with van der Waals surface area (Å²) in [4.78, 5) is 28.5. The van der Waals surface area contributed by atoms with E-state index in [0.717, 1.165) is 33.4 Å². The molecule has 0 aliphatic carbocycles. The maximum atomic E-state index is 12.5. The molecule has 1 aromatic heterocycles. The van der Waals surface area contributed by atoms with E-state index in [1.165, 1.54) is 29.5 Å². The first-order chi connectivity index (χ1) is 13.0. The number of nitro groups is 1. The first-order valence-corrected chi connectivity index (χ1v) is 9.90. The Morgan fingerprint density at radius 2 is 2.00 bits per heavy atom. The molecule has 0 radical (unpaired) electrons. The number of benzene rings is 2. The molecular weight excluding hydrogens is 430 g/mol. The molecule has 138 valence electrons. The number of rotatable bonds is 6. The Balaban J connectivity index is 1.87.